The Bertz CT molecular complexity index is 772. The lowest BCUT2D eigenvalue weighted by molar-refractivity contribution is -0.384. The van der Waals surface area contributed by atoms with E-state index >= 15 is 0 Å². The summed E-state index contributed by atoms with van der Waals surface area (Å²) in [5, 5.41) is 10.7. The maximum Gasteiger partial charge on any atom is 0.269 e. The highest BCUT2D eigenvalue weighted by atomic mass is 16.6. The molecule has 1 saturated heterocycles. The summed E-state index contributed by atoms with van der Waals surface area (Å²) in [4.78, 5) is 24.6. The maximum absolute atomic E-state index is 12.5. The predicted octanol–water partition coefficient (Wildman–Crippen LogP) is 3.05. The minimum atomic E-state index is -0.436. The maximum atomic E-state index is 12.5. The van der Waals surface area contributed by atoms with Gasteiger partial charge in [-0.05, 0) is 17.7 Å². The van der Waals surface area contributed by atoms with Crippen molar-refractivity contribution in [3.05, 3.63) is 70.3 Å². The van der Waals surface area contributed by atoms with Crippen molar-refractivity contribution in [2.24, 2.45) is 5.73 Å². The summed E-state index contributed by atoms with van der Waals surface area (Å²) < 4.78 is 5.88. The van der Waals surface area contributed by atoms with Crippen LogP contribution in [0.15, 0.2) is 54.6 Å². The van der Waals surface area contributed by atoms with Gasteiger partial charge in [0.25, 0.3) is 5.69 Å². The summed E-state index contributed by atoms with van der Waals surface area (Å²) in [6, 6.07) is 15.4. The van der Waals surface area contributed by atoms with E-state index in [1.807, 2.05) is 35.2 Å². The van der Waals surface area contributed by atoms with Gasteiger partial charge >= 0.3 is 0 Å². The van der Waals surface area contributed by atoms with Crippen molar-refractivity contribution in [1.82, 2.24) is 4.90 Å². The number of nitrogens with two attached hydrogens (primary N) is 1. The van der Waals surface area contributed by atoms with Gasteiger partial charge in [0, 0.05) is 50.5 Å². The van der Waals surface area contributed by atoms with Gasteiger partial charge in [-0.15, -0.1) is 0 Å². The lowest BCUT2D eigenvalue weighted by atomic mass is 10.0. The summed E-state index contributed by atoms with van der Waals surface area (Å²) in [5.74, 6) is 0.664. The van der Waals surface area contributed by atoms with E-state index in [1.54, 1.807) is 12.1 Å². The van der Waals surface area contributed by atoms with E-state index in [4.69, 9.17) is 10.5 Å². The van der Waals surface area contributed by atoms with Gasteiger partial charge < -0.3 is 15.4 Å². The first-order valence-corrected chi connectivity index (χ1v) is 9.02. The number of carbonyl (C=O) groups is 1. The number of non-ortho nitro benzene ring substituents is 1. The lowest BCUT2D eigenvalue weighted by Crippen LogP contribution is -2.42. The number of amides is 1. The molecule has 0 aromatic heterocycles. The Morgan fingerprint density at radius 2 is 1.78 bits per heavy atom. The van der Waals surface area contributed by atoms with Crippen LogP contribution in [0.2, 0.25) is 0 Å². The molecule has 3 rings (SSSR count). The largest absolute Gasteiger partial charge is 0.490 e. The molecule has 1 unspecified atom stereocenters. The monoisotopic (exact) mass is 369 g/mol. The van der Waals surface area contributed by atoms with Gasteiger partial charge in [0.15, 0.2) is 0 Å². The van der Waals surface area contributed by atoms with Crippen LogP contribution in [0.25, 0.3) is 0 Å². The number of likely N-dealkylation sites (tertiary alicyclic amines) is 1. The highest BCUT2D eigenvalue weighted by molar-refractivity contribution is 5.77. The molecule has 2 N–H and O–H groups in total. The highest BCUT2D eigenvalue weighted by Crippen LogP contribution is 2.23. The fourth-order valence-corrected chi connectivity index (χ4v) is 3.20. The number of benzene rings is 2. The van der Waals surface area contributed by atoms with Crippen molar-refractivity contribution in [2.45, 2.75) is 31.4 Å². The van der Waals surface area contributed by atoms with Crippen molar-refractivity contribution in [3.8, 4) is 5.75 Å². The van der Waals surface area contributed by atoms with Gasteiger partial charge in [-0.1, -0.05) is 30.3 Å². The quantitative estimate of drug-likeness (QED) is 0.623. The second-order valence-corrected chi connectivity index (χ2v) is 6.67. The second-order valence-electron chi connectivity index (χ2n) is 6.67. The van der Waals surface area contributed by atoms with Gasteiger partial charge in [0.05, 0.1) is 4.92 Å². The van der Waals surface area contributed by atoms with Crippen LogP contribution in [0.3, 0.4) is 0 Å². The number of rotatable bonds is 6. The molecule has 1 atom stereocenters. The van der Waals surface area contributed by atoms with Crippen LogP contribution in [0.5, 0.6) is 5.75 Å². The molecule has 1 amide bonds. The van der Waals surface area contributed by atoms with Crippen molar-refractivity contribution in [1.29, 1.82) is 0 Å². The van der Waals surface area contributed by atoms with Crippen LogP contribution in [-0.4, -0.2) is 34.9 Å². The number of nitro groups is 1. The first kappa shape index (κ1) is 18.8. The van der Waals surface area contributed by atoms with E-state index in [1.165, 1.54) is 12.1 Å². The zero-order valence-electron chi connectivity index (χ0n) is 15.0. The van der Waals surface area contributed by atoms with Gasteiger partial charge in [-0.25, -0.2) is 0 Å². The third-order valence-electron chi connectivity index (χ3n) is 4.77. The molecule has 1 aliphatic rings. The molecule has 0 spiro atoms. The highest BCUT2D eigenvalue weighted by Gasteiger charge is 2.25. The Morgan fingerprint density at radius 1 is 1.15 bits per heavy atom. The number of nitro benzene ring substituents is 1. The minimum absolute atomic E-state index is 0.00157. The Hall–Kier alpha value is -2.93. The zero-order valence-corrected chi connectivity index (χ0v) is 15.0. The zero-order chi connectivity index (χ0) is 19.2. The predicted molar refractivity (Wildman–Crippen MR) is 101 cm³/mol. The number of hydrogen-bond donors (Lipinski definition) is 1. The number of carbonyl (C=O) groups excluding carboxylic acids is 1. The van der Waals surface area contributed by atoms with Crippen molar-refractivity contribution >= 4 is 11.6 Å². The Labute approximate surface area is 157 Å². The molecule has 7 heteroatoms. The van der Waals surface area contributed by atoms with Crippen LogP contribution in [0, 0.1) is 10.1 Å². The molecule has 0 aliphatic carbocycles. The number of ether oxygens (including phenoxy) is 1. The van der Waals surface area contributed by atoms with E-state index < -0.39 is 4.92 Å². The van der Waals surface area contributed by atoms with Gasteiger partial charge in [0.1, 0.15) is 11.9 Å². The van der Waals surface area contributed by atoms with Crippen molar-refractivity contribution in [3.63, 3.8) is 0 Å². The SMILES string of the molecule is NC(CC(=O)N1CCC(Oc2ccc([N+](=O)[O-])cc2)CC1)c1ccccc1. The molecule has 2 aromatic rings. The Kier molecular flexibility index (Phi) is 6.03. The topological polar surface area (TPSA) is 98.7 Å². The Balaban J connectivity index is 1.46. The van der Waals surface area contributed by atoms with Crippen LogP contribution < -0.4 is 10.5 Å². The first-order valence-electron chi connectivity index (χ1n) is 9.02. The molecule has 1 aliphatic heterocycles. The molecule has 1 fully saturated rings. The number of piperidine rings is 1. The minimum Gasteiger partial charge on any atom is -0.490 e. The van der Waals surface area contributed by atoms with Crippen LogP contribution >= 0.6 is 0 Å². The molecule has 27 heavy (non-hydrogen) atoms. The summed E-state index contributed by atoms with van der Waals surface area (Å²) in [5.41, 5.74) is 7.15. The van der Waals surface area contributed by atoms with E-state index in [-0.39, 0.29) is 30.2 Å². The van der Waals surface area contributed by atoms with Crippen LogP contribution in [0.4, 0.5) is 5.69 Å². The fraction of sp³-hybridized carbons (Fsp3) is 0.350. The molecule has 0 saturated carbocycles. The fourth-order valence-electron chi connectivity index (χ4n) is 3.20. The summed E-state index contributed by atoms with van der Waals surface area (Å²) >= 11 is 0. The van der Waals surface area contributed by atoms with Crippen LogP contribution in [-0.2, 0) is 4.79 Å². The summed E-state index contributed by atoms with van der Waals surface area (Å²) in [6.45, 7) is 1.25. The third kappa shape index (κ3) is 5.04. The van der Waals surface area contributed by atoms with Crippen molar-refractivity contribution < 1.29 is 14.5 Å². The first-order chi connectivity index (χ1) is 13.0. The van der Waals surface area contributed by atoms with Crippen molar-refractivity contribution in [2.75, 3.05) is 13.1 Å². The van der Waals surface area contributed by atoms with Gasteiger partial charge in [-0.2, -0.15) is 0 Å². The normalized spacial score (nSPS) is 16.0. The molecule has 142 valence electrons. The van der Waals surface area contributed by atoms with E-state index in [0.29, 0.717) is 18.8 Å². The lowest BCUT2D eigenvalue weighted by Gasteiger charge is -2.32. The molecule has 7 nitrogen and oxygen atoms in total. The summed E-state index contributed by atoms with van der Waals surface area (Å²) in [7, 11) is 0. The van der Waals surface area contributed by atoms with E-state index in [9.17, 15) is 14.9 Å². The number of hydrogen-bond acceptors (Lipinski definition) is 5. The number of nitrogens with zero attached hydrogens (tertiary/aromatic N) is 2. The smallest absolute Gasteiger partial charge is 0.269 e. The molecule has 2 aromatic carbocycles. The molecule has 1 heterocycles. The Morgan fingerprint density at radius 3 is 2.37 bits per heavy atom. The molecular weight excluding hydrogens is 346 g/mol. The van der Waals surface area contributed by atoms with E-state index in [0.717, 1.165) is 18.4 Å². The average Bonchev–Trinajstić information content (AvgIpc) is 2.69. The van der Waals surface area contributed by atoms with Gasteiger partial charge in [0.2, 0.25) is 5.91 Å². The molecule has 0 bridgehead atoms. The molecular formula is C20H23N3O4. The average molecular weight is 369 g/mol. The van der Waals surface area contributed by atoms with Crippen LogP contribution in [0.1, 0.15) is 30.9 Å². The second kappa shape index (κ2) is 8.64. The van der Waals surface area contributed by atoms with E-state index in [2.05, 4.69) is 0 Å². The standard InChI is InChI=1S/C20H23N3O4/c21-19(15-4-2-1-3-5-15)14-20(24)22-12-10-18(11-13-22)27-17-8-6-16(7-9-17)23(25)26/h1-9,18-19H,10-14,21H2. The van der Waals surface area contributed by atoms with Gasteiger partial charge in [-0.3, -0.25) is 14.9 Å². The molecule has 0 radical (unpaired) electrons. The summed E-state index contributed by atoms with van der Waals surface area (Å²) in [6.07, 6.45) is 1.74. The third-order valence-corrected chi connectivity index (χ3v) is 4.77.